The Labute approximate surface area is 158 Å². The van der Waals surface area contributed by atoms with Gasteiger partial charge in [-0.1, -0.05) is 36.4 Å². The molecule has 0 bridgehead atoms. The summed E-state index contributed by atoms with van der Waals surface area (Å²) in [5.41, 5.74) is 2.65. The third kappa shape index (κ3) is 5.56. The Balaban J connectivity index is 1.60. The van der Waals surface area contributed by atoms with Crippen LogP contribution in [0, 0.1) is 11.3 Å². The molecule has 0 aliphatic carbocycles. The summed E-state index contributed by atoms with van der Waals surface area (Å²) in [5.74, 6) is 0.551. The lowest BCUT2D eigenvalue weighted by atomic mass is 10.2. The maximum absolute atomic E-state index is 12.2. The number of nitrogens with one attached hydrogen (secondary N) is 2. The summed E-state index contributed by atoms with van der Waals surface area (Å²) in [5, 5.41) is 12.0. The number of aryl methyl sites for hydroxylation is 1. The standard InChI is InChI=1S/C20H18N4O2S/c21-14-17-7-4-8-18(13-17)23-20-10-9-19(15-22-20)24-27(25,26)12-11-16-5-2-1-3-6-16/h1-10,13,15,24H,11-12H2,(H,22,23). The van der Waals surface area contributed by atoms with Gasteiger partial charge in [0.2, 0.25) is 10.0 Å². The fourth-order valence-electron chi connectivity index (χ4n) is 2.47. The van der Waals surface area contributed by atoms with E-state index in [9.17, 15) is 8.42 Å². The molecular weight excluding hydrogens is 360 g/mol. The highest BCUT2D eigenvalue weighted by Gasteiger charge is 2.11. The normalized spacial score (nSPS) is 10.8. The first-order valence-electron chi connectivity index (χ1n) is 8.32. The van der Waals surface area contributed by atoms with Crippen molar-refractivity contribution in [1.29, 1.82) is 5.26 Å². The van der Waals surface area contributed by atoms with Crippen molar-refractivity contribution in [2.45, 2.75) is 6.42 Å². The minimum Gasteiger partial charge on any atom is -0.340 e. The molecule has 1 heterocycles. The summed E-state index contributed by atoms with van der Waals surface area (Å²) < 4.78 is 27.0. The van der Waals surface area contributed by atoms with Crippen LogP contribution >= 0.6 is 0 Å². The molecule has 136 valence electrons. The van der Waals surface area contributed by atoms with Crippen LogP contribution in [0.2, 0.25) is 0 Å². The Kier molecular flexibility index (Phi) is 5.69. The zero-order valence-corrected chi connectivity index (χ0v) is 15.3. The van der Waals surface area contributed by atoms with E-state index in [0.717, 1.165) is 11.3 Å². The molecule has 3 rings (SSSR count). The van der Waals surface area contributed by atoms with Gasteiger partial charge in [-0.3, -0.25) is 4.72 Å². The van der Waals surface area contributed by atoms with Crippen molar-refractivity contribution in [3.63, 3.8) is 0 Å². The van der Waals surface area contributed by atoms with Gasteiger partial charge in [-0.05, 0) is 42.3 Å². The lowest BCUT2D eigenvalue weighted by Crippen LogP contribution is -2.18. The highest BCUT2D eigenvalue weighted by atomic mass is 32.2. The van der Waals surface area contributed by atoms with Crippen molar-refractivity contribution in [3.8, 4) is 6.07 Å². The molecule has 0 amide bonds. The quantitative estimate of drug-likeness (QED) is 0.654. The van der Waals surface area contributed by atoms with E-state index in [2.05, 4.69) is 21.1 Å². The Morgan fingerprint density at radius 1 is 0.963 bits per heavy atom. The summed E-state index contributed by atoms with van der Waals surface area (Å²) in [6.07, 6.45) is 1.90. The van der Waals surface area contributed by atoms with E-state index in [1.54, 1.807) is 30.3 Å². The van der Waals surface area contributed by atoms with Crippen LogP contribution in [0.15, 0.2) is 72.9 Å². The van der Waals surface area contributed by atoms with Crippen molar-refractivity contribution < 1.29 is 8.42 Å². The van der Waals surface area contributed by atoms with Crippen molar-refractivity contribution in [1.82, 2.24) is 4.98 Å². The van der Waals surface area contributed by atoms with Crippen LogP contribution < -0.4 is 10.0 Å². The van der Waals surface area contributed by atoms with Gasteiger partial charge in [-0.15, -0.1) is 0 Å². The molecule has 27 heavy (non-hydrogen) atoms. The number of pyridine rings is 1. The summed E-state index contributed by atoms with van der Waals surface area (Å²) in [4.78, 5) is 4.21. The first-order valence-corrected chi connectivity index (χ1v) is 9.97. The van der Waals surface area contributed by atoms with Crippen molar-refractivity contribution >= 4 is 27.2 Å². The molecular formula is C20H18N4O2S. The lowest BCUT2D eigenvalue weighted by molar-refractivity contribution is 0.600. The van der Waals surface area contributed by atoms with Gasteiger partial charge in [-0.25, -0.2) is 13.4 Å². The van der Waals surface area contributed by atoms with E-state index in [1.165, 1.54) is 6.20 Å². The van der Waals surface area contributed by atoms with Crippen LogP contribution in [0.4, 0.5) is 17.2 Å². The fourth-order valence-corrected chi connectivity index (χ4v) is 3.56. The predicted octanol–water partition coefficient (Wildman–Crippen LogP) is 3.68. The van der Waals surface area contributed by atoms with Crippen LogP contribution in [0.3, 0.4) is 0 Å². The molecule has 1 aromatic heterocycles. The second-order valence-corrected chi connectivity index (χ2v) is 7.75. The number of nitrogens with zero attached hydrogens (tertiary/aromatic N) is 2. The number of anilines is 3. The predicted molar refractivity (Wildman–Crippen MR) is 106 cm³/mol. The van der Waals surface area contributed by atoms with E-state index in [1.807, 2.05) is 36.4 Å². The SMILES string of the molecule is N#Cc1cccc(Nc2ccc(NS(=O)(=O)CCc3ccccc3)cn2)c1. The molecule has 0 unspecified atom stereocenters. The van der Waals surface area contributed by atoms with Crippen LogP contribution in [0.5, 0.6) is 0 Å². The number of aromatic nitrogens is 1. The molecule has 0 aliphatic rings. The first-order chi connectivity index (χ1) is 13.0. The number of benzene rings is 2. The van der Waals surface area contributed by atoms with E-state index in [-0.39, 0.29) is 5.75 Å². The highest BCUT2D eigenvalue weighted by molar-refractivity contribution is 7.92. The Morgan fingerprint density at radius 2 is 1.78 bits per heavy atom. The summed E-state index contributed by atoms with van der Waals surface area (Å²) in [6.45, 7) is 0. The van der Waals surface area contributed by atoms with Gasteiger partial charge < -0.3 is 5.32 Å². The lowest BCUT2D eigenvalue weighted by Gasteiger charge is -2.09. The number of sulfonamides is 1. The third-order valence-electron chi connectivity index (χ3n) is 3.80. The number of nitriles is 1. The van der Waals surface area contributed by atoms with Crippen molar-refractivity contribution in [2.24, 2.45) is 0 Å². The van der Waals surface area contributed by atoms with E-state index in [0.29, 0.717) is 23.5 Å². The molecule has 6 nitrogen and oxygen atoms in total. The maximum atomic E-state index is 12.2. The van der Waals surface area contributed by atoms with Crippen molar-refractivity contribution in [3.05, 3.63) is 84.1 Å². The molecule has 2 aromatic carbocycles. The monoisotopic (exact) mass is 378 g/mol. The largest absolute Gasteiger partial charge is 0.340 e. The minimum atomic E-state index is -3.46. The smallest absolute Gasteiger partial charge is 0.233 e. The van der Waals surface area contributed by atoms with Gasteiger partial charge in [0.25, 0.3) is 0 Å². The van der Waals surface area contributed by atoms with Crippen LogP contribution in [0.25, 0.3) is 0 Å². The number of hydrogen-bond acceptors (Lipinski definition) is 5. The second-order valence-electron chi connectivity index (χ2n) is 5.91. The van der Waals surface area contributed by atoms with Crippen LogP contribution in [-0.2, 0) is 16.4 Å². The van der Waals surface area contributed by atoms with E-state index in [4.69, 9.17) is 5.26 Å². The van der Waals surface area contributed by atoms with Crippen molar-refractivity contribution in [2.75, 3.05) is 15.8 Å². The first kappa shape index (κ1) is 18.4. The van der Waals surface area contributed by atoms with Gasteiger partial charge >= 0.3 is 0 Å². The average molecular weight is 378 g/mol. The molecule has 3 aromatic rings. The number of rotatable bonds is 7. The minimum absolute atomic E-state index is 0.00202. The van der Waals surface area contributed by atoms with Crippen LogP contribution in [0.1, 0.15) is 11.1 Å². The van der Waals surface area contributed by atoms with Gasteiger partial charge in [0.1, 0.15) is 5.82 Å². The Bertz CT molecular complexity index is 1040. The van der Waals surface area contributed by atoms with Gasteiger partial charge in [-0.2, -0.15) is 5.26 Å². The topological polar surface area (TPSA) is 94.9 Å². The van der Waals surface area contributed by atoms with E-state index < -0.39 is 10.0 Å². The molecule has 0 fully saturated rings. The van der Waals surface area contributed by atoms with Crippen LogP contribution in [-0.4, -0.2) is 19.2 Å². The summed E-state index contributed by atoms with van der Waals surface area (Å²) >= 11 is 0. The second kappa shape index (κ2) is 8.34. The molecule has 0 radical (unpaired) electrons. The third-order valence-corrected chi connectivity index (χ3v) is 5.09. The van der Waals surface area contributed by atoms with Gasteiger partial charge in [0, 0.05) is 5.69 Å². The molecule has 0 aliphatic heterocycles. The summed E-state index contributed by atoms with van der Waals surface area (Å²) in [7, 11) is -3.46. The Morgan fingerprint density at radius 3 is 2.48 bits per heavy atom. The zero-order valence-electron chi connectivity index (χ0n) is 14.5. The zero-order chi connectivity index (χ0) is 19.1. The van der Waals surface area contributed by atoms with Gasteiger partial charge in [0.05, 0.1) is 29.3 Å². The molecule has 0 atom stereocenters. The highest BCUT2D eigenvalue weighted by Crippen LogP contribution is 2.18. The molecule has 0 saturated carbocycles. The fraction of sp³-hybridized carbons (Fsp3) is 0.100. The number of hydrogen-bond donors (Lipinski definition) is 2. The maximum Gasteiger partial charge on any atom is 0.233 e. The molecule has 0 spiro atoms. The molecule has 7 heteroatoms. The molecule has 0 saturated heterocycles. The van der Waals surface area contributed by atoms with E-state index >= 15 is 0 Å². The summed E-state index contributed by atoms with van der Waals surface area (Å²) in [6, 6.07) is 21.9. The Hall–Kier alpha value is -3.37. The molecule has 2 N–H and O–H groups in total. The van der Waals surface area contributed by atoms with Gasteiger partial charge in [0.15, 0.2) is 0 Å². The average Bonchev–Trinajstić information content (AvgIpc) is 2.69.